The molecule has 3 atom stereocenters. The van der Waals surface area contributed by atoms with Gasteiger partial charge >= 0.3 is 0 Å². The molecule has 1 aromatic rings. The van der Waals surface area contributed by atoms with Gasteiger partial charge in [-0.25, -0.2) is 0 Å². The number of hydrogen-bond acceptors (Lipinski definition) is 3. The number of quaternary nitrogens is 1. The summed E-state index contributed by atoms with van der Waals surface area (Å²) in [6.07, 6.45) is 1.27. The molecule has 2 N–H and O–H groups in total. The fourth-order valence-corrected chi connectivity index (χ4v) is 3.55. The molecule has 1 aromatic carbocycles. The molecule has 1 heterocycles. The van der Waals surface area contributed by atoms with Gasteiger partial charge < -0.3 is 19.7 Å². The number of methoxy groups -OCH3 is 2. The summed E-state index contributed by atoms with van der Waals surface area (Å²) < 4.78 is 10.5. The Morgan fingerprint density at radius 2 is 1.91 bits per heavy atom. The number of piperidine rings is 1. The summed E-state index contributed by atoms with van der Waals surface area (Å²) in [6, 6.07) is 5.64. The molecular weight excluding hydrogens is 292 g/mol. The minimum atomic E-state index is 0.0965. The second kappa shape index (κ2) is 8.20. The molecular formula is C18H29N2O3+. The molecule has 128 valence electrons. The van der Waals surface area contributed by atoms with Crippen molar-refractivity contribution in [1.82, 2.24) is 5.32 Å². The second-order valence-electron chi connectivity index (χ2n) is 6.74. The Bertz CT molecular complexity index is 523. The van der Waals surface area contributed by atoms with E-state index >= 15 is 0 Å². The molecule has 1 fully saturated rings. The van der Waals surface area contributed by atoms with E-state index in [0.29, 0.717) is 24.9 Å². The first-order chi connectivity index (χ1) is 11.0. The normalized spacial score (nSPS) is 24.1. The number of ether oxygens (including phenoxy) is 2. The Labute approximate surface area is 139 Å². The van der Waals surface area contributed by atoms with Gasteiger partial charge in [0.15, 0.2) is 6.54 Å². The molecule has 1 amide bonds. The highest BCUT2D eigenvalue weighted by Crippen LogP contribution is 2.24. The molecule has 23 heavy (non-hydrogen) atoms. The number of nitrogens with one attached hydrogen (secondary N) is 2. The molecule has 5 nitrogen and oxygen atoms in total. The van der Waals surface area contributed by atoms with Crippen molar-refractivity contribution in [3.8, 4) is 11.5 Å². The maximum atomic E-state index is 12.2. The van der Waals surface area contributed by atoms with Crippen LogP contribution in [0.5, 0.6) is 11.5 Å². The van der Waals surface area contributed by atoms with Crippen molar-refractivity contribution >= 4 is 5.91 Å². The van der Waals surface area contributed by atoms with Gasteiger partial charge in [0.25, 0.3) is 5.91 Å². The van der Waals surface area contributed by atoms with Crippen LogP contribution in [0.3, 0.4) is 0 Å². The fraction of sp³-hybridized carbons (Fsp3) is 0.611. The van der Waals surface area contributed by atoms with E-state index in [0.717, 1.165) is 30.2 Å². The maximum absolute atomic E-state index is 12.2. The lowest BCUT2D eigenvalue weighted by Crippen LogP contribution is -3.15. The van der Waals surface area contributed by atoms with Crippen molar-refractivity contribution in [3.63, 3.8) is 0 Å². The van der Waals surface area contributed by atoms with Crippen LogP contribution in [0, 0.1) is 11.8 Å². The van der Waals surface area contributed by atoms with Gasteiger partial charge in [0.1, 0.15) is 11.5 Å². The highest BCUT2D eigenvalue weighted by Gasteiger charge is 2.26. The molecule has 0 spiro atoms. The highest BCUT2D eigenvalue weighted by molar-refractivity contribution is 5.76. The van der Waals surface area contributed by atoms with Gasteiger partial charge in [-0.3, -0.25) is 4.79 Å². The summed E-state index contributed by atoms with van der Waals surface area (Å²) >= 11 is 0. The predicted octanol–water partition coefficient (Wildman–Crippen LogP) is 0.881. The predicted molar refractivity (Wildman–Crippen MR) is 89.9 cm³/mol. The molecule has 2 rings (SSSR count). The number of likely N-dealkylation sites (tertiary alicyclic amines) is 1. The number of amides is 1. The first-order valence-electron chi connectivity index (χ1n) is 8.33. The second-order valence-corrected chi connectivity index (χ2v) is 6.74. The fourth-order valence-electron chi connectivity index (χ4n) is 3.55. The third-order valence-corrected chi connectivity index (χ3v) is 4.46. The van der Waals surface area contributed by atoms with Gasteiger partial charge in [0, 0.05) is 30.0 Å². The van der Waals surface area contributed by atoms with E-state index in [4.69, 9.17) is 9.47 Å². The van der Waals surface area contributed by atoms with Gasteiger partial charge in [0.2, 0.25) is 0 Å². The quantitative estimate of drug-likeness (QED) is 0.818. The summed E-state index contributed by atoms with van der Waals surface area (Å²) in [5.74, 6) is 2.97. The molecule has 1 saturated heterocycles. The molecule has 0 bridgehead atoms. The van der Waals surface area contributed by atoms with Crippen molar-refractivity contribution in [1.29, 1.82) is 0 Å². The zero-order valence-corrected chi connectivity index (χ0v) is 14.6. The van der Waals surface area contributed by atoms with Gasteiger partial charge in [-0.1, -0.05) is 13.8 Å². The van der Waals surface area contributed by atoms with Crippen LogP contribution in [0.25, 0.3) is 0 Å². The van der Waals surface area contributed by atoms with Crippen molar-refractivity contribution in [2.45, 2.75) is 26.8 Å². The van der Waals surface area contributed by atoms with Gasteiger partial charge in [0.05, 0.1) is 27.3 Å². The zero-order valence-electron chi connectivity index (χ0n) is 14.6. The van der Waals surface area contributed by atoms with E-state index in [1.54, 1.807) is 14.2 Å². The highest BCUT2D eigenvalue weighted by atomic mass is 16.5. The summed E-state index contributed by atoms with van der Waals surface area (Å²) in [6.45, 7) is 7.75. The molecule has 1 aliphatic heterocycles. The third-order valence-electron chi connectivity index (χ3n) is 4.46. The van der Waals surface area contributed by atoms with Crippen LogP contribution in [-0.2, 0) is 11.3 Å². The maximum Gasteiger partial charge on any atom is 0.275 e. The van der Waals surface area contributed by atoms with Crippen LogP contribution in [0.1, 0.15) is 25.8 Å². The monoisotopic (exact) mass is 321 g/mol. The average Bonchev–Trinajstić information content (AvgIpc) is 2.51. The smallest absolute Gasteiger partial charge is 0.275 e. The lowest BCUT2D eigenvalue weighted by atomic mass is 9.92. The lowest BCUT2D eigenvalue weighted by molar-refractivity contribution is -0.904. The van der Waals surface area contributed by atoms with E-state index in [1.165, 1.54) is 11.3 Å². The van der Waals surface area contributed by atoms with Crippen molar-refractivity contribution in [3.05, 3.63) is 23.8 Å². The van der Waals surface area contributed by atoms with E-state index in [9.17, 15) is 4.79 Å². The van der Waals surface area contributed by atoms with Crippen LogP contribution in [-0.4, -0.2) is 39.8 Å². The molecule has 1 unspecified atom stereocenters. The van der Waals surface area contributed by atoms with Gasteiger partial charge in [-0.05, 0) is 18.6 Å². The Balaban J connectivity index is 1.87. The summed E-state index contributed by atoms with van der Waals surface area (Å²) in [4.78, 5) is 13.6. The number of carbonyl (C=O) groups excluding carboxylic acids is 1. The molecule has 0 aromatic heterocycles. The zero-order chi connectivity index (χ0) is 16.8. The first kappa shape index (κ1) is 17.6. The van der Waals surface area contributed by atoms with Gasteiger partial charge in [-0.15, -0.1) is 0 Å². The van der Waals surface area contributed by atoms with Gasteiger partial charge in [-0.2, -0.15) is 0 Å². The lowest BCUT2D eigenvalue weighted by Gasteiger charge is -2.31. The summed E-state index contributed by atoms with van der Waals surface area (Å²) in [5.41, 5.74) is 0.956. The number of carbonyl (C=O) groups is 1. The van der Waals surface area contributed by atoms with Crippen molar-refractivity contribution < 1.29 is 19.2 Å². The molecule has 0 aliphatic carbocycles. The Morgan fingerprint density at radius 3 is 2.52 bits per heavy atom. The third kappa shape index (κ3) is 5.13. The van der Waals surface area contributed by atoms with E-state index in [1.807, 2.05) is 18.2 Å². The van der Waals surface area contributed by atoms with Crippen molar-refractivity contribution in [2.75, 3.05) is 33.9 Å². The first-order valence-corrected chi connectivity index (χ1v) is 8.33. The van der Waals surface area contributed by atoms with Crippen LogP contribution < -0.4 is 19.7 Å². The Morgan fingerprint density at radius 1 is 1.22 bits per heavy atom. The molecule has 0 saturated carbocycles. The average molecular weight is 321 g/mol. The van der Waals surface area contributed by atoms with Crippen LogP contribution >= 0.6 is 0 Å². The van der Waals surface area contributed by atoms with E-state index in [2.05, 4.69) is 19.2 Å². The SMILES string of the molecule is COc1ccc(CNC(=O)C[NH+]2C[C@H](C)C[C@H](C)C2)c(OC)c1. The number of rotatable bonds is 6. The largest absolute Gasteiger partial charge is 0.497 e. The number of benzene rings is 1. The molecule has 0 radical (unpaired) electrons. The Hall–Kier alpha value is -1.75. The standard InChI is InChI=1S/C18H28N2O3/c1-13-7-14(2)11-20(10-13)12-18(21)19-9-15-5-6-16(22-3)8-17(15)23-4/h5-6,8,13-14H,7,9-12H2,1-4H3,(H,19,21)/p+1/t13-,14+. The molecule has 1 aliphatic rings. The summed E-state index contributed by atoms with van der Waals surface area (Å²) in [5, 5.41) is 3.01. The van der Waals surface area contributed by atoms with Crippen molar-refractivity contribution in [2.24, 2.45) is 11.8 Å². The van der Waals surface area contributed by atoms with E-state index < -0.39 is 0 Å². The van der Waals surface area contributed by atoms with Crippen LogP contribution in [0.2, 0.25) is 0 Å². The Kier molecular flexibility index (Phi) is 6.28. The minimum Gasteiger partial charge on any atom is -0.497 e. The topological polar surface area (TPSA) is 52.0 Å². The summed E-state index contributed by atoms with van der Waals surface area (Å²) in [7, 11) is 3.25. The van der Waals surface area contributed by atoms with Crippen LogP contribution in [0.4, 0.5) is 0 Å². The van der Waals surface area contributed by atoms with E-state index in [-0.39, 0.29) is 5.91 Å². The molecule has 5 heteroatoms. The number of hydrogen-bond donors (Lipinski definition) is 2. The minimum absolute atomic E-state index is 0.0965. The van der Waals surface area contributed by atoms with Crippen LogP contribution in [0.15, 0.2) is 18.2 Å².